The molecule has 1 aliphatic heterocycles. The van der Waals surface area contributed by atoms with Crippen molar-refractivity contribution in [2.75, 3.05) is 26.2 Å². The van der Waals surface area contributed by atoms with Crippen LogP contribution in [0.25, 0.3) is 21.2 Å². The Balaban J connectivity index is 1.28. The average Bonchev–Trinajstić information content (AvgIpc) is 3.21. The van der Waals surface area contributed by atoms with Gasteiger partial charge in [0.25, 0.3) is 0 Å². The van der Waals surface area contributed by atoms with E-state index in [-0.39, 0.29) is 5.75 Å². The molecule has 0 saturated carbocycles. The van der Waals surface area contributed by atoms with Crippen molar-refractivity contribution < 1.29 is 14.9 Å². The van der Waals surface area contributed by atoms with Gasteiger partial charge in [-0.05, 0) is 78.5 Å². The van der Waals surface area contributed by atoms with Gasteiger partial charge in [0.15, 0.2) is 0 Å². The molecule has 0 bridgehead atoms. The smallest absolute Gasteiger partial charge is 0.119 e. The third kappa shape index (κ3) is 4.04. The highest BCUT2D eigenvalue weighted by Crippen LogP contribution is 2.46. The number of phenols is 2. The first-order valence-electron chi connectivity index (χ1n) is 12.2. The molecule has 174 valence electrons. The number of benzene rings is 3. The lowest BCUT2D eigenvalue weighted by atomic mass is 9.87. The third-order valence-corrected chi connectivity index (χ3v) is 8.38. The van der Waals surface area contributed by atoms with Gasteiger partial charge in [-0.15, -0.1) is 11.3 Å². The van der Waals surface area contributed by atoms with Crippen molar-refractivity contribution in [1.82, 2.24) is 4.90 Å². The van der Waals surface area contributed by atoms with Crippen molar-refractivity contribution in [2.45, 2.75) is 32.1 Å². The molecule has 0 spiro atoms. The predicted octanol–water partition coefficient (Wildman–Crippen LogP) is 6.34. The van der Waals surface area contributed by atoms with Crippen molar-refractivity contribution >= 4 is 21.4 Å². The standard InChI is InChI=1S/C29H29NO3S/c31-21-16-24(19-7-9-22(10-8-19)33-14-13-30-11-2-1-3-12-30)29-25-18-23-20(5-4-6-26(23)32)15-27(25)34-28(29)17-21/h4-10,16-17,31-32H,1-3,11-15,18H2. The minimum Gasteiger partial charge on any atom is -0.508 e. The maximum Gasteiger partial charge on any atom is 0.119 e. The first kappa shape index (κ1) is 21.5. The van der Waals surface area contributed by atoms with E-state index < -0.39 is 0 Å². The quantitative estimate of drug-likeness (QED) is 0.314. The molecule has 0 atom stereocenters. The molecule has 1 saturated heterocycles. The Morgan fingerprint density at radius 3 is 2.53 bits per heavy atom. The number of aromatic hydroxyl groups is 2. The zero-order valence-electron chi connectivity index (χ0n) is 19.2. The lowest BCUT2D eigenvalue weighted by Gasteiger charge is -2.26. The maximum absolute atomic E-state index is 10.5. The molecule has 34 heavy (non-hydrogen) atoms. The van der Waals surface area contributed by atoms with Gasteiger partial charge in [0.2, 0.25) is 0 Å². The Morgan fingerprint density at radius 2 is 1.71 bits per heavy atom. The topological polar surface area (TPSA) is 52.9 Å². The summed E-state index contributed by atoms with van der Waals surface area (Å²) in [5.74, 6) is 1.53. The van der Waals surface area contributed by atoms with Crippen LogP contribution < -0.4 is 4.74 Å². The molecule has 2 aliphatic rings. The summed E-state index contributed by atoms with van der Waals surface area (Å²) < 4.78 is 7.11. The van der Waals surface area contributed by atoms with Crippen LogP contribution in [0.3, 0.4) is 0 Å². The Morgan fingerprint density at radius 1 is 0.882 bits per heavy atom. The molecule has 1 fully saturated rings. The summed E-state index contributed by atoms with van der Waals surface area (Å²) in [6.45, 7) is 4.05. The van der Waals surface area contributed by atoms with Gasteiger partial charge < -0.3 is 14.9 Å². The number of phenolic OH excluding ortho intramolecular Hbond substituents is 2. The van der Waals surface area contributed by atoms with Crippen LogP contribution in [0, 0.1) is 0 Å². The molecule has 2 N–H and O–H groups in total. The average molecular weight is 472 g/mol. The summed E-state index contributed by atoms with van der Waals surface area (Å²) in [5.41, 5.74) is 5.58. The largest absolute Gasteiger partial charge is 0.508 e. The summed E-state index contributed by atoms with van der Waals surface area (Å²) >= 11 is 1.75. The number of nitrogens with zero attached hydrogens (tertiary/aromatic N) is 1. The van der Waals surface area contributed by atoms with Gasteiger partial charge >= 0.3 is 0 Å². The highest BCUT2D eigenvalue weighted by Gasteiger charge is 2.24. The van der Waals surface area contributed by atoms with Crippen molar-refractivity contribution in [2.24, 2.45) is 0 Å². The Kier molecular flexibility index (Phi) is 5.67. The molecular weight excluding hydrogens is 442 g/mol. The first-order chi connectivity index (χ1) is 16.7. The van der Waals surface area contributed by atoms with E-state index in [1.165, 1.54) is 53.7 Å². The number of likely N-dealkylation sites (tertiary alicyclic amines) is 1. The normalized spacial score (nSPS) is 15.8. The molecule has 0 unspecified atom stereocenters. The van der Waals surface area contributed by atoms with Crippen LogP contribution in [0.4, 0.5) is 0 Å². The first-order valence-corrected chi connectivity index (χ1v) is 13.0. The predicted molar refractivity (Wildman–Crippen MR) is 138 cm³/mol. The molecule has 5 heteroatoms. The summed E-state index contributed by atoms with van der Waals surface area (Å²) in [4.78, 5) is 3.80. The van der Waals surface area contributed by atoms with Gasteiger partial charge in [-0.3, -0.25) is 4.90 Å². The molecule has 0 radical (unpaired) electrons. The monoisotopic (exact) mass is 471 g/mol. The second-order valence-electron chi connectivity index (χ2n) is 9.41. The number of piperidine rings is 1. The molecule has 3 aromatic carbocycles. The van der Waals surface area contributed by atoms with E-state index in [2.05, 4.69) is 23.1 Å². The molecule has 4 aromatic rings. The van der Waals surface area contributed by atoms with E-state index in [1.54, 1.807) is 17.4 Å². The summed E-state index contributed by atoms with van der Waals surface area (Å²) in [6, 6.07) is 17.8. The van der Waals surface area contributed by atoms with Crippen molar-refractivity contribution in [3.05, 3.63) is 76.2 Å². The molecule has 1 aliphatic carbocycles. The van der Waals surface area contributed by atoms with E-state index in [9.17, 15) is 10.2 Å². The van der Waals surface area contributed by atoms with Crippen LogP contribution in [0.15, 0.2) is 54.6 Å². The second-order valence-corrected chi connectivity index (χ2v) is 10.6. The van der Waals surface area contributed by atoms with Crippen molar-refractivity contribution in [1.29, 1.82) is 0 Å². The fourth-order valence-electron chi connectivity index (χ4n) is 5.43. The lowest BCUT2D eigenvalue weighted by molar-refractivity contribution is 0.183. The van der Waals surface area contributed by atoms with Crippen LogP contribution in [-0.4, -0.2) is 41.4 Å². The molecular formula is C29H29NO3S. The highest BCUT2D eigenvalue weighted by atomic mass is 32.1. The molecule has 4 nitrogen and oxygen atoms in total. The SMILES string of the molecule is Oc1cc(-c2ccc(OCCN3CCCCC3)cc2)c2c3c(sc2c1)Cc1cccc(O)c1C3. The minimum absolute atomic E-state index is 0.281. The van der Waals surface area contributed by atoms with Gasteiger partial charge in [0.1, 0.15) is 23.9 Å². The molecule has 6 rings (SSSR count). The minimum atomic E-state index is 0.281. The second kappa shape index (κ2) is 8.97. The number of hydrogen-bond acceptors (Lipinski definition) is 5. The van der Waals surface area contributed by atoms with Crippen molar-refractivity contribution in [3.8, 4) is 28.4 Å². The van der Waals surface area contributed by atoms with Gasteiger partial charge in [-0.2, -0.15) is 0 Å². The number of hydrogen-bond donors (Lipinski definition) is 2. The summed E-state index contributed by atoms with van der Waals surface area (Å²) in [7, 11) is 0. The number of fused-ring (bicyclic) bond motifs is 4. The Labute approximate surface area is 204 Å². The lowest BCUT2D eigenvalue weighted by Crippen LogP contribution is -2.33. The van der Waals surface area contributed by atoms with Crippen LogP contribution in [0.5, 0.6) is 17.2 Å². The van der Waals surface area contributed by atoms with Gasteiger partial charge in [-0.25, -0.2) is 0 Å². The van der Waals surface area contributed by atoms with Gasteiger partial charge in [0, 0.05) is 39.9 Å². The Hall–Kier alpha value is -3.02. The number of thiophene rings is 1. The molecule has 0 amide bonds. The van der Waals surface area contributed by atoms with E-state index in [0.29, 0.717) is 18.8 Å². The zero-order chi connectivity index (χ0) is 23.1. The van der Waals surface area contributed by atoms with Gasteiger partial charge in [-0.1, -0.05) is 30.7 Å². The van der Waals surface area contributed by atoms with E-state index >= 15 is 0 Å². The van der Waals surface area contributed by atoms with Crippen LogP contribution >= 0.6 is 11.3 Å². The van der Waals surface area contributed by atoms with Crippen LogP contribution in [0.1, 0.15) is 40.8 Å². The summed E-state index contributed by atoms with van der Waals surface area (Å²) in [5, 5.41) is 22.1. The highest BCUT2D eigenvalue weighted by molar-refractivity contribution is 7.19. The molecule has 2 heterocycles. The van der Waals surface area contributed by atoms with Crippen LogP contribution in [0.2, 0.25) is 0 Å². The fraction of sp³-hybridized carbons (Fsp3) is 0.310. The van der Waals surface area contributed by atoms with E-state index in [4.69, 9.17) is 4.74 Å². The third-order valence-electron chi connectivity index (χ3n) is 7.20. The van der Waals surface area contributed by atoms with Gasteiger partial charge in [0.05, 0.1) is 0 Å². The molecule has 1 aromatic heterocycles. The van der Waals surface area contributed by atoms with E-state index in [0.717, 1.165) is 40.1 Å². The zero-order valence-corrected chi connectivity index (χ0v) is 20.0. The number of rotatable bonds is 5. The maximum atomic E-state index is 10.5. The Bertz CT molecular complexity index is 1340. The fourth-order valence-corrected chi connectivity index (χ4v) is 6.74. The van der Waals surface area contributed by atoms with Crippen molar-refractivity contribution in [3.63, 3.8) is 0 Å². The number of ether oxygens (including phenoxy) is 1. The van der Waals surface area contributed by atoms with E-state index in [1.807, 2.05) is 30.3 Å². The summed E-state index contributed by atoms with van der Waals surface area (Å²) in [6.07, 6.45) is 5.48. The van der Waals surface area contributed by atoms with Crippen LogP contribution in [-0.2, 0) is 12.8 Å².